The minimum atomic E-state index is -0.712. The summed E-state index contributed by atoms with van der Waals surface area (Å²) in [5.41, 5.74) is 1.40. The Labute approximate surface area is 223 Å². The molecule has 11 heteroatoms. The van der Waals surface area contributed by atoms with E-state index in [-0.39, 0.29) is 39.4 Å². The van der Waals surface area contributed by atoms with Gasteiger partial charge in [0.15, 0.2) is 17.2 Å². The molecule has 0 N–H and O–H groups in total. The number of esters is 2. The number of hydrogen-bond acceptors (Lipinski definition) is 8. The highest BCUT2D eigenvalue weighted by molar-refractivity contribution is 14.1. The van der Waals surface area contributed by atoms with Gasteiger partial charge in [-0.1, -0.05) is 29.8 Å². The molecule has 0 atom stereocenters. The Hall–Kier alpha value is -3.77. The van der Waals surface area contributed by atoms with E-state index in [1.54, 1.807) is 55.5 Å². The van der Waals surface area contributed by atoms with Crippen molar-refractivity contribution >= 4 is 63.8 Å². The van der Waals surface area contributed by atoms with E-state index < -0.39 is 16.9 Å². The molecule has 3 aromatic carbocycles. The molecule has 182 valence electrons. The van der Waals surface area contributed by atoms with E-state index in [1.807, 2.05) is 22.6 Å². The predicted molar refractivity (Wildman–Crippen MR) is 141 cm³/mol. The highest BCUT2D eigenvalue weighted by Crippen LogP contribution is 2.36. The van der Waals surface area contributed by atoms with Crippen LogP contribution in [0.2, 0.25) is 5.02 Å². The molecule has 0 saturated carbocycles. The zero-order valence-electron chi connectivity index (χ0n) is 18.8. The molecule has 0 unspecified atom stereocenters. The van der Waals surface area contributed by atoms with Gasteiger partial charge in [0.1, 0.15) is 0 Å². The number of cyclic esters (lactones) is 1. The molecule has 1 aliphatic heterocycles. The SMILES string of the molecule is COc1cc(/C=C2\N=C(c3ccc(C)c([N+](=O)[O-])c3)OC2=O)cc(I)c1OC(=O)c1ccccc1Cl. The Balaban J connectivity index is 1.65. The molecule has 0 spiro atoms. The van der Waals surface area contributed by atoms with Gasteiger partial charge < -0.3 is 14.2 Å². The Bertz CT molecular complexity index is 1480. The molecule has 3 aromatic rings. The number of nitro benzene ring substituents is 1. The zero-order chi connectivity index (χ0) is 26.0. The molecular formula is C25H16ClIN2O7. The van der Waals surface area contributed by atoms with Gasteiger partial charge in [0.05, 0.1) is 26.2 Å². The second kappa shape index (κ2) is 10.5. The van der Waals surface area contributed by atoms with Crippen LogP contribution in [0.1, 0.15) is 27.0 Å². The minimum absolute atomic E-state index is 0.00751. The van der Waals surface area contributed by atoms with Crippen LogP contribution < -0.4 is 9.47 Å². The molecule has 4 rings (SSSR count). The number of benzene rings is 3. The molecule has 0 amide bonds. The van der Waals surface area contributed by atoms with Crippen LogP contribution in [0.5, 0.6) is 11.5 Å². The Morgan fingerprint density at radius 2 is 1.94 bits per heavy atom. The zero-order valence-corrected chi connectivity index (χ0v) is 21.7. The van der Waals surface area contributed by atoms with Crippen LogP contribution in [0.25, 0.3) is 6.08 Å². The van der Waals surface area contributed by atoms with Crippen LogP contribution in [0.4, 0.5) is 5.69 Å². The largest absolute Gasteiger partial charge is 0.493 e. The number of halogens is 2. The number of nitrogens with zero attached hydrogens (tertiary/aromatic N) is 2. The van der Waals surface area contributed by atoms with E-state index in [0.717, 1.165) is 0 Å². The lowest BCUT2D eigenvalue weighted by Gasteiger charge is -2.13. The van der Waals surface area contributed by atoms with E-state index >= 15 is 0 Å². The molecule has 9 nitrogen and oxygen atoms in total. The summed E-state index contributed by atoms with van der Waals surface area (Å²) in [5.74, 6) is -0.962. The van der Waals surface area contributed by atoms with Crippen molar-refractivity contribution in [2.24, 2.45) is 4.99 Å². The lowest BCUT2D eigenvalue weighted by molar-refractivity contribution is -0.385. The average Bonchev–Trinajstić information content (AvgIpc) is 3.20. The normalized spacial score (nSPS) is 13.8. The lowest BCUT2D eigenvalue weighted by Crippen LogP contribution is -2.11. The highest BCUT2D eigenvalue weighted by Gasteiger charge is 2.26. The average molecular weight is 619 g/mol. The van der Waals surface area contributed by atoms with Crippen LogP contribution in [0.3, 0.4) is 0 Å². The monoisotopic (exact) mass is 618 g/mol. The molecule has 0 fully saturated rings. The molecular weight excluding hydrogens is 603 g/mol. The van der Waals surface area contributed by atoms with E-state index in [1.165, 1.54) is 19.3 Å². The van der Waals surface area contributed by atoms with Gasteiger partial charge in [-0.3, -0.25) is 10.1 Å². The van der Waals surface area contributed by atoms with Crippen molar-refractivity contribution in [3.05, 3.63) is 101 Å². The first-order valence-corrected chi connectivity index (χ1v) is 11.8. The third kappa shape index (κ3) is 5.24. The first-order valence-electron chi connectivity index (χ1n) is 10.3. The maximum Gasteiger partial charge on any atom is 0.363 e. The van der Waals surface area contributed by atoms with Crippen LogP contribution in [0, 0.1) is 20.6 Å². The molecule has 0 radical (unpaired) electrons. The number of aliphatic imine (C=N–C) groups is 1. The summed E-state index contributed by atoms with van der Waals surface area (Å²) in [6.07, 6.45) is 1.47. The number of carbonyl (C=O) groups is 2. The fraction of sp³-hybridized carbons (Fsp3) is 0.0800. The second-order valence-electron chi connectivity index (χ2n) is 7.50. The third-order valence-corrected chi connectivity index (χ3v) is 6.25. The van der Waals surface area contributed by atoms with Gasteiger partial charge in [-0.25, -0.2) is 14.6 Å². The predicted octanol–water partition coefficient (Wildman–Crippen LogP) is 5.73. The summed E-state index contributed by atoms with van der Waals surface area (Å²) >= 11 is 8.07. The fourth-order valence-electron chi connectivity index (χ4n) is 3.33. The summed E-state index contributed by atoms with van der Waals surface area (Å²) in [6, 6.07) is 14.2. The van der Waals surface area contributed by atoms with Crippen LogP contribution in [0.15, 0.2) is 65.3 Å². The van der Waals surface area contributed by atoms with Gasteiger partial charge in [0.2, 0.25) is 5.90 Å². The number of hydrogen-bond donors (Lipinski definition) is 0. The molecule has 0 saturated heterocycles. The second-order valence-corrected chi connectivity index (χ2v) is 9.07. The summed E-state index contributed by atoms with van der Waals surface area (Å²) in [6.45, 7) is 1.61. The van der Waals surface area contributed by atoms with E-state index in [0.29, 0.717) is 20.3 Å². The first kappa shape index (κ1) is 25.3. The lowest BCUT2D eigenvalue weighted by atomic mass is 10.1. The Morgan fingerprint density at radius 1 is 1.19 bits per heavy atom. The highest BCUT2D eigenvalue weighted by atomic mass is 127. The number of rotatable bonds is 6. The Kier molecular flexibility index (Phi) is 7.36. The van der Waals surface area contributed by atoms with Crippen molar-refractivity contribution in [1.82, 2.24) is 0 Å². The molecule has 0 aromatic heterocycles. The van der Waals surface area contributed by atoms with Crippen LogP contribution in [-0.2, 0) is 9.53 Å². The fourth-order valence-corrected chi connectivity index (χ4v) is 4.27. The molecule has 0 aliphatic carbocycles. The van der Waals surface area contributed by atoms with E-state index in [2.05, 4.69) is 4.99 Å². The van der Waals surface area contributed by atoms with Gasteiger partial charge >= 0.3 is 11.9 Å². The Morgan fingerprint density at radius 3 is 2.64 bits per heavy atom. The summed E-state index contributed by atoms with van der Waals surface area (Å²) in [4.78, 5) is 40.0. The number of nitro groups is 1. The van der Waals surface area contributed by atoms with Gasteiger partial charge in [-0.05, 0) is 71.5 Å². The van der Waals surface area contributed by atoms with Crippen LogP contribution >= 0.6 is 34.2 Å². The maximum atomic E-state index is 12.6. The molecule has 1 aliphatic rings. The quantitative estimate of drug-likeness (QED) is 0.0864. The van der Waals surface area contributed by atoms with Gasteiger partial charge in [0.25, 0.3) is 5.69 Å². The van der Waals surface area contributed by atoms with Crippen molar-refractivity contribution in [2.45, 2.75) is 6.92 Å². The summed E-state index contributed by atoms with van der Waals surface area (Å²) < 4.78 is 16.7. The maximum absolute atomic E-state index is 12.6. The number of carbonyl (C=O) groups excluding carboxylic acids is 2. The van der Waals surface area contributed by atoms with E-state index in [4.69, 9.17) is 25.8 Å². The summed E-state index contributed by atoms with van der Waals surface area (Å²) in [7, 11) is 1.42. The first-order chi connectivity index (χ1) is 17.2. The molecule has 1 heterocycles. The number of methoxy groups -OCH3 is 1. The minimum Gasteiger partial charge on any atom is -0.493 e. The standard InChI is InChI=1S/C25H16ClIN2O7/c1-13-7-8-15(12-20(13)29(32)33)23-28-19(25(31)36-23)10-14-9-18(27)22(21(11-14)34-2)35-24(30)16-5-3-4-6-17(16)26/h3-12H,1-2H3/b19-10-. The van der Waals surface area contributed by atoms with Crippen molar-refractivity contribution in [3.8, 4) is 11.5 Å². The number of ether oxygens (including phenoxy) is 3. The molecule has 0 bridgehead atoms. The van der Waals surface area contributed by atoms with Crippen molar-refractivity contribution in [1.29, 1.82) is 0 Å². The smallest absolute Gasteiger partial charge is 0.363 e. The summed E-state index contributed by atoms with van der Waals surface area (Å²) in [5, 5.41) is 11.5. The topological polar surface area (TPSA) is 117 Å². The van der Waals surface area contributed by atoms with E-state index in [9.17, 15) is 19.7 Å². The van der Waals surface area contributed by atoms with Crippen molar-refractivity contribution in [3.63, 3.8) is 0 Å². The van der Waals surface area contributed by atoms with Crippen molar-refractivity contribution < 1.29 is 28.7 Å². The van der Waals surface area contributed by atoms with Gasteiger partial charge in [0, 0.05) is 17.2 Å². The van der Waals surface area contributed by atoms with Gasteiger partial charge in [-0.15, -0.1) is 0 Å². The van der Waals surface area contributed by atoms with Crippen molar-refractivity contribution in [2.75, 3.05) is 7.11 Å². The van der Waals surface area contributed by atoms with Gasteiger partial charge in [-0.2, -0.15) is 0 Å². The third-order valence-electron chi connectivity index (χ3n) is 5.12. The van der Waals surface area contributed by atoms with Crippen LogP contribution in [-0.4, -0.2) is 29.9 Å². The molecule has 36 heavy (non-hydrogen) atoms. The number of aryl methyl sites for hydroxylation is 1.